The molecule has 2 nitrogen and oxygen atoms in total. The maximum atomic E-state index is 12.2. The second kappa shape index (κ2) is 7.75. The summed E-state index contributed by atoms with van der Waals surface area (Å²) in [5, 5.41) is 5.09. The van der Waals surface area contributed by atoms with E-state index in [1.165, 1.54) is 11.1 Å². The molecule has 0 saturated carbocycles. The highest BCUT2D eigenvalue weighted by atomic mass is 32.1. The van der Waals surface area contributed by atoms with Gasteiger partial charge in [-0.3, -0.25) is 4.79 Å². The third-order valence-electron chi connectivity index (χ3n) is 3.82. The Labute approximate surface area is 140 Å². The lowest BCUT2D eigenvalue weighted by atomic mass is 9.91. The topological polar surface area (TPSA) is 29.1 Å². The highest BCUT2D eigenvalue weighted by Gasteiger charge is 2.15. The predicted molar refractivity (Wildman–Crippen MR) is 95.8 cm³/mol. The first-order valence-electron chi connectivity index (χ1n) is 7.72. The van der Waals surface area contributed by atoms with Crippen molar-refractivity contribution in [2.75, 3.05) is 6.54 Å². The molecular formula is C20H19NOS. The summed E-state index contributed by atoms with van der Waals surface area (Å²) in [5.41, 5.74) is 2.44. The Morgan fingerprint density at radius 3 is 2.00 bits per heavy atom. The van der Waals surface area contributed by atoms with Crippen LogP contribution in [-0.2, 0) is 11.2 Å². The van der Waals surface area contributed by atoms with Gasteiger partial charge in [0.1, 0.15) is 0 Å². The van der Waals surface area contributed by atoms with Gasteiger partial charge in [-0.25, -0.2) is 0 Å². The first-order chi connectivity index (χ1) is 11.3. The Hall–Kier alpha value is -2.39. The molecule has 3 heteroatoms. The van der Waals surface area contributed by atoms with Crippen molar-refractivity contribution in [1.29, 1.82) is 0 Å². The van der Waals surface area contributed by atoms with Gasteiger partial charge in [0, 0.05) is 17.3 Å². The van der Waals surface area contributed by atoms with Gasteiger partial charge in [-0.15, -0.1) is 11.3 Å². The number of benzene rings is 2. The summed E-state index contributed by atoms with van der Waals surface area (Å²) in [5.74, 6) is 0.244. The Kier molecular flexibility index (Phi) is 5.22. The fourth-order valence-corrected chi connectivity index (χ4v) is 3.35. The van der Waals surface area contributed by atoms with Gasteiger partial charge >= 0.3 is 0 Å². The van der Waals surface area contributed by atoms with E-state index < -0.39 is 0 Å². The standard InChI is InChI=1S/C20H19NOS/c22-20(14-18-12-7-13-23-18)21-15-19(16-8-3-1-4-9-16)17-10-5-2-6-11-17/h1-13,19H,14-15H2,(H,21,22). The molecule has 0 spiro atoms. The molecule has 0 aliphatic heterocycles. The van der Waals surface area contributed by atoms with E-state index in [0.29, 0.717) is 13.0 Å². The fraction of sp³-hybridized carbons (Fsp3) is 0.150. The number of rotatable bonds is 6. The summed E-state index contributed by atoms with van der Waals surface area (Å²) < 4.78 is 0. The highest BCUT2D eigenvalue weighted by molar-refractivity contribution is 7.10. The van der Waals surface area contributed by atoms with Crippen molar-refractivity contribution in [2.24, 2.45) is 0 Å². The van der Waals surface area contributed by atoms with Crippen molar-refractivity contribution in [3.05, 3.63) is 94.2 Å². The van der Waals surface area contributed by atoms with Crippen LogP contribution in [0.3, 0.4) is 0 Å². The molecule has 3 aromatic rings. The zero-order valence-corrected chi connectivity index (χ0v) is 13.6. The number of amides is 1. The van der Waals surface area contributed by atoms with Gasteiger partial charge in [-0.05, 0) is 22.6 Å². The summed E-state index contributed by atoms with van der Waals surface area (Å²) in [6, 6.07) is 24.6. The molecular weight excluding hydrogens is 302 g/mol. The van der Waals surface area contributed by atoms with Gasteiger partial charge in [-0.1, -0.05) is 66.7 Å². The van der Waals surface area contributed by atoms with Crippen molar-refractivity contribution in [3.63, 3.8) is 0 Å². The minimum atomic E-state index is 0.0734. The highest BCUT2D eigenvalue weighted by Crippen LogP contribution is 2.23. The monoisotopic (exact) mass is 321 g/mol. The van der Waals surface area contributed by atoms with Gasteiger partial charge < -0.3 is 5.32 Å². The van der Waals surface area contributed by atoms with Crippen LogP contribution < -0.4 is 5.32 Å². The Morgan fingerprint density at radius 2 is 1.48 bits per heavy atom. The van der Waals surface area contributed by atoms with Gasteiger partial charge in [0.05, 0.1) is 6.42 Å². The molecule has 1 aromatic heterocycles. The Bertz CT molecular complexity index is 683. The van der Waals surface area contributed by atoms with Crippen molar-refractivity contribution in [3.8, 4) is 0 Å². The van der Waals surface area contributed by atoms with Crippen molar-refractivity contribution < 1.29 is 4.79 Å². The Balaban J connectivity index is 1.71. The normalized spacial score (nSPS) is 10.7. The van der Waals surface area contributed by atoms with E-state index in [9.17, 15) is 4.79 Å². The molecule has 116 valence electrons. The lowest BCUT2D eigenvalue weighted by Gasteiger charge is -2.18. The molecule has 0 aliphatic carbocycles. The van der Waals surface area contributed by atoms with Crippen LogP contribution in [0.15, 0.2) is 78.2 Å². The van der Waals surface area contributed by atoms with Crippen LogP contribution in [0.25, 0.3) is 0 Å². The predicted octanol–water partition coefficient (Wildman–Crippen LogP) is 4.24. The van der Waals surface area contributed by atoms with E-state index in [1.54, 1.807) is 11.3 Å². The van der Waals surface area contributed by atoms with Crippen LogP contribution in [0.2, 0.25) is 0 Å². The third kappa shape index (κ3) is 4.30. The van der Waals surface area contributed by atoms with Gasteiger partial charge in [0.2, 0.25) is 5.91 Å². The van der Waals surface area contributed by atoms with E-state index in [-0.39, 0.29) is 11.8 Å². The summed E-state index contributed by atoms with van der Waals surface area (Å²) >= 11 is 1.62. The molecule has 23 heavy (non-hydrogen) atoms. The number of thiophene rings is 1. The molecule has 0 fully saturated rings. The maximum absolute atomic E-state index is 12.2. The van der Waals surface area contributed by atoms with Crippen LogP contribution in [0, 0.1) is 0 Å². The summed E-state index contributed by atoms with van der Waals surface area (Å²) in [7, 11) is 0. The molecule has 0 saturated heterocycles. The molecule has 3 rings (SSSR count). The average molecular weight is 321 g/mol. The maximum Gasteiger partial charge on any atom is 0.225 e. The van der Waals surface area contributed by atoms with E-state index in [2.05, 4.69) is 29.6 Å². The lowest BCUT2D eigenvalue weighted by Crippen LogP contribution is -2.30. The SMILES string of the molecule is O=C(Cc1cccs1)NCC(c1ccccc1)c1ccccc1. The van der Waals surface area contributed by atoms with E-state index in [4.69, 9.17) is 0 Å². The molecule has 0 bridgehead atoms. The second-order valence-electron chi connectivity index (χ2n) is 5.43. The van der Waals surface area contributed by atoms with E-state index in [0.717, 1.165) is 4.88 Å². The number of carbonyl (C=O) groups is 1. The molecule has 2 aromatic carbocycles. The molecule has 0 radical (unpaired) electrons. The van der Waals surface area contributed by atoms with Gasteiger partial charge in [0.15, 0.2) is 0 Å². The fourth-order valence-electron chi connectivity index (χ4n) is 2.65. The number of carbonyl (C=O) groups excluding carboxylic acids is 1. The second-order valence-corrected chi connectivity index (χ2v) is 6.47. The largest absolute Gasteiger partial charge is 0.355 e. The molecule has 1 N–H and O–H groups in total. The Morgan fingerprint density at radius 1 is 0.870 bits per heavy atom. The zero-order chi connectivity index (χ0) is 15.9. The minimum Gasteiger partial charge on any atom is -0.355 e. The number of hydrogen-bond donors (Lipinski definition) is 1. The van der Waals surface area contributed by atoms with Crippen LogP contribution in [-0.4, -0.2) is 12.5 Å². The molecule has 0 atom stereocenters. The molecule has 1 heterocycles. The summed E-state index contributed by atoms with van der Waals surface area (Å²) in [6.07, 6.45) is 0.452. The lowest BCUT2D eigenvalue weighted by molar-refractivity contribution is -0.120. The van der Waals surface area contributed by atoms with Crippen LogP contribution in [0.5, 0.6) is 0 Å². The van der Waals surface area contributed by atoms with Gasteiger partial charge in [0.25, 0.3) is 0 Å². The quantitative estimate of drug-likeness (QED) is 0.723. The molecule has 1 amide bonds. The summed E-state index contributed by atoms with van der Waals surface area (Å²) in [6.45, 7) is 0.609. The number of nitrogens with one attached hydrogen (secondary N) is 1. The summed E-state index contributed by atoms with van der Waals surface area (Å²) in [4.78, 5) is 13.3. The van der Waals surface area contributed by atoms with Gasteiger partial charge in [-0.2, -0.15) is 0 Å². The van der Waals surface area contributed by atoms with Crippen molar-refractivity contribution in [2.45, 2.75) is 12.3 Å². The van der Waals surface area contributed by atoms with Crippen molar-refractivity contribution >= 4 is 17.2 Å². The first-order valence-corrected chi connectivity index (χ1v) is 8.60. The van der Waals surface area contributed by atoms with Crippen LogP contribution >= 0.6 is 11.3 Å². The molecule has 0 aliphatic rings. The number of hydrogen-bond acceptors (Lipinski definition) is 2. The van der Waals surface area contributed by atoms with E-state index >= 15 is 0 Å². The van der Waals surface area contributed by atoms with Crippen molar-refractivity contribution in [1.82, 2.24) is 5.32 Å². The first kappa shape index (κ1) is 15.5. The third-order valence-corrected chi connectivity index (χ3v) is 4.70. The average Bonchev–Trinajstić information content (AvgIpc) is 3.10. The van der Waals surface area contributed by atoms with Crippen LogP contribution in [0.4, 0.5) is 0 Å². The van der Waals surface area contributed by atoms with Crippen LogP contribution in [0.1, 0.15) is 21.9 Å². The smallest absolute Gasteiger partial charge is 0.225 e. The minimum absolute atomic E-state index is 0.0734. The molecule has 0 unspecified atom stereocenters. The zero-order valence-electron chi connectivity index (χ0n) is 12.8. The van der Waals surface area contributed by atoms with E-state index in [1.807, 2.05) is 53.9 Å².